The second-order valence-electron chi connectivity index (χ2n) is 3.97. The topological polar surface area (TPSA) is 64.6 Å². The van der Waals surface area contributed by atoms with Crippen LogP contribution in [0, 0.1) is 0 Å². The highest BCUT2D eigenvalue weighted by Gasteiger charge is 2.13. The molecule has 0 radical (unpaired) electrons. The number of benzene rings is 1. The highest BCUT2D eigenvalue weighted by molar-refractivity contribution is 7.92. The number of methoxy groups -OCH3 is 2. The zero-order chi connectivity index (χ0) is 13.8. The van der Waals surface area contributed by atoms with Crippen LogP contribution in [0.25, 0.3) is 0 Å². The van der Waals surface area contributed by atoms with Crippen molar-refractivity contribution in [3.8, 4) is 5.75 Å². The average molecular weight is 273 g/mol. The summed E-state index contributed by atoms with van der Waals surface area (Å²) in [5, 5.41) is 0. The minimum atomic E-state index is -3.34. The third kappa shape index (κ3) is 3.89. The summed E-state index contributed by atoms with van der Waals surface area (Å²) in [5.41, 5.74) is 1.33. The Morgan fingerprint density at radius 3 is 2.44 bits per heavy atom. The second kappa shape index (κ2) is 6.06. The number of ether oxygens (including phenoxy) is 2. The van der Waals surface area contributed by atoms with E-state index in [1.165, 1.54) is 7.11 Å². The van der Waals surface area contributed by atoms with E-state index >= 15 is 0 Å². The van der Waals surface area contributed by atoms with Crippen LogP contribution in [0.4, 0.5) is 5.69 Å². The van der Waals surface area contributed by atoms with Crippen LogP contribution in [0.2, 0.25) is 0 Å². The van der Waals surface area contributed by atoms with Crippen molar-refractivity contribution in [3.63, 3.8) is 0 Å². The third-order valence-electron chi connectivity index (χ3n) is 2.55. The maximum absolute atomic E-state index is 11.3. The molecule has 0 spiro atoms. The lowest BCUT2D eigenvalue weighted by Crippen LogP contribution is -2.11. The van der Waals surface area contributed by atoms with Gasteiger partial charge in [-0.05, 0) is 24.1 Å². The summed E-state index contributed by atoms with van der Waals surface area (Å²) in [6.45, 7) is 2.00. The Balaban J connectivity index is 3.16. The number of hydrogen-bond acceptors (Lipinski definition) is 4. The largest absolute Gasteiger partial charge is 0.495 e. The Kier molecular flexibility index (Phi) is 4.98. The van der Waals surface area contributed by atoms with E-state index in [0.717, 1.165) is 18.2 Å². The fraction of sp³-hybridized carbons (Fsp3) is 0.500. The molecule has 1 rings (SSSR count). The first-order valence-electron chi connectivity index (χ1n) is 5.59. The summed E-state index contributed by atoms with van der Waals surface area (Å²) < 4.78 is 35.5. The van der Waals surface area contributed by atoms with Gasteiger partial charge >= 0.3 is 0 Å². The first kappa shape index (κ1) is 14.8. The van der Waals surface area contributed by atoms with Gasteiger partial charge in [-0.2, -0.15) is 0 Å². The van der Waals surface area contributed by atoms with Gasteiger partial charge in [0.05, 0.1) is 25.2 Å². The zero-order valence-corrected chi connectivity index (χ0v) is 11.9. The molecule has 0 heterocycles. The molecule has 1 unspecified atom stereocenters. The number of sulfonamides is 1. The lowest BCUT2D eigenvalue weighted by molar-refractivity contribution is 0.100. The van der Waals surface area contributed by atoms with Gasteiger partial charge in [0, 0.05) is 7.11 Å². The quantitative estimate of drug-likeness (QED) is 0.862. The van der Waals surface area contributed by atoms with Crippen molar-refractivity contribution >= 4 is 15.7 Å². The van der Waals surface area contributed by atoms with Gasteiger partial charge in [-0.25, -0.2) is 8.42 Å². The standard InChI is InChI=1S/C12H19NO4S/c1-5-11(16-2)9-6-7-12(17-3)10(8-9)13-18(4,14)15/h6-8,11,13H,5H2,1-4H3. The van der Waals surface area contributed by atoms with Crippen molar-refractivity contribution in [2.45, 2.75) is 19.4 Å². The van der Waals surface area contributed by atoms with Gasteiger partial charge < -0.3 is 9.47 Å². The molecule has 1 aromatic rings. The summed E-state index contributed by atoms with van der Waals surface area (Å²) >= 11 is 0. The van der Waals surface area contributed by atoms with E-state index in [4.69, 9.17) is 9.47 Å². The normalized spacial score (nSPS) is 13.1. The number of anilines is 1. The van der Waals surface area contributed by atoms with E-state index in [0.29, 0.717) is 11.4 Å². The van der Waals surface area contributed by atoms with Gasteiger partial charge in [0.1, 0.15) is 5.75 Å². The van der Waals surface area contributed by atoms with E-state index < -0.39 is 10.0 Å². The Bertz CT molecular complexity index is 495. The van der Waals surface area contributed by atoms with Crippen LogP contribution in [-0.4, -0.2) is 28.9 Å². The maximum atomic E-state index is 11.3. The monoisotopic (exact) mass is 273 g/mol. The molecular formula is C12H19NO4S. The van der Waals surface area contributed by atoms with E-state index in [1.807, 2.05) is 13.0 Å². The molecule has 0 saturated heterocycles. The number of hydrogen-bond donors (Lipinski definition) is 1. The summed E-state index contributed by atoms with van der Waals surface area (Å²) in [5.74, 6) is 0.482. The minimum absolute atomic E-state index is 0.0592. The SMILES string of the molecule is CCC(OC)c1ccc(OC)c(NS(C)(=O)=O)c1. The molecule has 1 N–H and O–H groups in total. The van der Waals surface area contributed by atoms with Crippen molar-refractivity contribution < 1.29 is 17.9 Å². The van der Waals surface area contributed by atoms with Crippen LogP contribution in [0.5, 0.6) is 5.75 Å². The third-order valence-corrected chi connectivity index (χ3v) is 3.14. The molecule has 18 heavy (non-hydrogen) atoms. The molecule has 0 aliphatic carbocycles. The summed E-state index contributed by atoms with van der Waals surface area (Å²) in [4.78, 5) is 0. The predicted octanol–water partition coefficient (Wildman–Crippen LogP) is 2.16. The molecule has 1 atom stereocenters. The zero-order valence-electron chi connectivity index (χ0n) is 11.1. The first-order chi connectivity index (χ1) is 8.41. The van der Waals surface area contributed by atoms with Crippen LogP contribution in [0.1, 0.15) is 25.0 Å². The Hall–Kier alpha value is -1.27. The van der Waals surface area contributed by atoms with Crippen LogP contribution in [0.15, 0.2) is 18.2 Å². The molecule has 5 nitrogen and oxygen atoms in total. The Morgan fingerprint density at radius 2 is 2.00 bits per heavy atom. The fourth-order valence-electron chi connectivity index (χ4n) is 1.74. The highest BCUT2D eigenvalue weighted by atomic mass is 32.2. The van der Waals surface area contributed by atoms with Gasteiger partial charge in [0.15, 0.2) is 0 Å². The lowest BCUT2D eigenvalue weighted by Gasteiger charge is -2.16. The van der Waals surface area contributed by atoms with Crippen molar-refractivity contribution in [3.05, 3.63) is 23.8 Å². The van der Waals surface area contributed by atoms with Gasteiger partial charge in [-0.1, -0.05) is 13.0 Å². The second-order valence-corrected chi connectivity index (χ2v) is 5.71. The summed E-state index contributed by atoms with van der Waals surface area (Å²) in [7, 11) is -0.213. The smallest absolute Gasteiger partial charge is 0.229 e. The number of nitrogens with one attached hydrogen (secondary N) is 1. The van der Waals surface area contributed by atoms with Crippen LogP contribution < -0.4 is 9.46 Å². The molecule has 0 aliphatic rings. The predicted molar refractivity (Wildman–Crippen MR) is 71.5 cm³/mol. The summed E-state index contributed by atoms with van der Waals surface area (Å²) in [6, 6.07) is 5.33. The lowest BCUT2D eigenvalue weighted by atomic mass is 10.1. The van der Waals surface area contributed by atoms with E-state index in [2.05, 4.69) is 4.72 Å². The highest BCUT2D eigenvalue weighted by Crippen LogP contribution is 2.30. The van der Waals surface area contributed by atoms with Crippen molar-refractivity contribution in [2.75, 3.05) is 25.2 Å². The molecule has 6 heteroatoms. The molecule has 1 aromatic carbocycles. The molecule has 0 saturated carbocycles. The van der Waals surface area contributed by atoms with Crippen LogP contribution in [-0.2, 0) is 14.8 Å². The molecule has 0 amide bonds. The van der Waals surface area contributed by atoms with Crippen molar-refractivity contribution in [2.24, 2.45) is 0 Å². The molecule has 0 fully saturated rings. The van der Waals surface area contributed by atoms with Crippen molar-refractivity contribution in [1.29, 1.82) is 0 Å². The molecule has 102 valence electrons. The van der Waals surface area contributed by atoms with Crippen LogP contribution in [0.3, 0.4) is 0 Å². The fourth-order valence-corrected chi connectivity index (χ4v) is 2.30. The maximum Gasteiger partial charge on any atom is 0.229 e. The Labute approximate surface area is 108 Å². The minimum Gasteiger partial charge on any atom is -0.495 e. The first-order valence-corrected chi connectivity index (χ1v) is 7.49. The molecule has 0 aliphatic heterocycles. The summed E-state index contributed by atoms with van der Waals surface area (Å²) in [6.07, 6.45) is 1.85. The van der Waals surface area contributed by atoms with E-state index in [9.17, 15) is 8.42 Å². The van der Waals surface area contributed by atoms with Gasteiger partial charge in [-0.3, -0.25) is 4.72 Å². The molecule has 0 bridgehead atoms. The van der Waals surface area contributed by atoms with Gasteiger partial charge in [-0.15, -0.1) is 0 Å². The van der Waals surface area contributed by atoms with Crippen LogP contribution >= 0.6 is 0 Å². The Morgan fingerprint density at radius 1 is 1.33 bits per heavy atom. The number of rotatable bonds is 6. The van der Waals surface area contributed by atoms with E-state index in [-0.39, 0.29) is 6.10 Å². The van der Waals surface area contributed by atoms with E-state index in [1.54, 1.807) is 19.2 Å². The average Bonchev–Trinajstić information content (AvgIpc) is 2.29. The van der Waals surface area contributed by atoms with Crippen molar-refractivity contribution in [1.82, 2.24) is 0 Å². The van der Waals surface area contributed by atoms with Gasteiger partial charge in [0.25, 0.3) is 0 Å². The molecular weight excluding hydrogens is 254 g/mol. The van der Waals surface area contributed by atoms with Gasteiger partial charge in [0.2, 0.25) is 10.0 Å². The molecule has 0 aromatic heterocycles.